The number of ether oxygens (including phenoxy) is 2. The molecule has 2 aliphatic rings. The molecule has 3 atom stereocenters. The summed E-state index contributed by atoms with van der Waals surface area (Å²) in [6.45, 7) is 1.65. The summed E-state index contributed by atoms with van der Waals surface area (Å²) in [7, 11) is 0. The number of H-pyrrole nitrogens is 1. The molecular weight excluding hydrogens is 384 g/mol. The normalized spacial score (nSPS) is 26.9. The molecule has 6 bridgehead atoms. The van der Waals surface area contributed by atoms with E-state index in [1.807, 2.05) is 6.07 Å². The summed E-state index contributed by atoms with van der Waals surface area (Å²) in [4.78, 5) is 15.9. The zero-order valence-electron chi connectivity index (χ0n) is 16.0. The second-order valence-electron chi connectivity index (χ2n) is 7.58. The summed E-state index contributed by atoms with van der Waals surface area (Å²) in [6.07, 6.45) is -1.07. The van der Waals surface area contributed by atoms with E-state index < -0.39 is 24.7 Å². The van der Waals surface area contributed by atoms with E-state index in [2.05, 4.69) is 25.8 Å². The third-order valence-electron chi connectivity index (χ3n) is 5.19. The van der Waals surface area contributed by atoms with Crippen molar-refractivity contribution in [1.82, 2.24) is 20.5 Å². The number of nitrogens with one attached hydrogen (secondary N) is 3. The second kappa shape index (κ2) is 7.84. The van der Waals surface area contributed by atoms with Gasteiger partial charge in [0.1, 0.15) is 6.10 Å². The number of carbonyl (C=O) groups is 1. The molecule has 10 heteroatoms. The van der Waals surface area contributed by atoms with Gasteiger partial charge in [-0.25, -0.2) is 9.78 Å². The minimum atomic E-state index is -3.42. The Bertz CT molecular complexity index is 875. The molecule has 1 fully saturated rings. The predicted octanol–water partition coefficient (Wildman–Crippen LogP) is 4.06. The van der Waals surface area contributed by atoms with Crippen molar-refractivity contribution in [3.05, 3.63) is 30.1 Å². The van der Waals surface area contributed by atoms with Gasteiger partial charge in [-0.2, -0.15) is 13.9 Å². The third-order valence-corrected chi connectivity index (χ3v) is 5.19. The average Bonchev–Trinajstić information content (AvgIpc) is 3.29. The van der Waals surface area contributed by atoms with Crippen molar-refractivity contribution in [2.24, 2.45) is 0 Å². The Morgan fingerprint density at radius 2 is 2.10 bits per heavy atom. The molecule has 3 N–H and O–H groups in total. The molecule has 0 unspecified atom stereocenters. The first-order chi connectivity index (χ1) is 13.9. The molecule has 8 nitrogen and oxygen atoms in total. The van der Waals surface area contributed by atoms with Crippen LogP contribution in [0.4, 0.5) is 25.1 Å². The number of rotatable bonds is 0. The van der Waals surface area contributed by atoms with E-state index in [1.54, 1.807) is 13.0 Å². The van der Waals surface area contributed by atoms with Gasteiger partial charge in [-0.05, 0) is 38.7 Å². The number of halogens is 2. The monoisotopic (exact) mass is 407 g/mol. The van der Waals surface area contributed by atoms with E-state index in [4.69, 9.17) is 9.47 Å². The molecule has 0 aromatic carbocycles. The summed E-state index contributed by atoms with van der Waals surface area (Å²) in [6, 6.07) is 4.43. The molecule has 156 valence electrons. The Labute approximate surface area is 166 Å². The fraction of sp³-hybridized carbons (Fsp3) is 0.526. The highest BCUT2D eigenvalue weighted by molar-refractivity contribution is 5.67. The SMILES string of the molecule is C[C@H]1CCC(F)(F)Oc2cc(ccn2)Nc2cc([nH]n2)[C@H]2CC[C@H](C2)OC(=O)N1. The molecule has 1 aliphatic carbocycles. The number of carbonyl (C=O) groups excluding carboxylic acids is 1. The minimum absolute atomic E-state index is 0.0287. The maximum Gasteiger partial charge on any atom is 0.407 e. The van der Waals surface area contributed by atoms with Gasteiger partial charge < -0.3 is 20.1 Å². The van der Waals surface area contributed by atoms with E-state index in [0.717, 1.165) is 18.5 Å². The van der Waals surface area contributed by atoms with Gasteiger partial charge in [0.2, 0.25) is 5.88 Å². The van der Waals surface area contributed by atoms with Crippen LogP contribution in [0.3, 0.4) is 0 Å². The Morgan fingerprint density at radius 1 is 1.24 bits per heavy atom. The Balaban J connectivity index is 1.57. The van der Waals surface area contributed by atoms with Crippen molar-refractivity contribution in [2.45, 2.75) is 63.2 Å². The second-order valence-corrected chi connectivity index (χ2v) is 7.58. The number of nitrogens with zero attached hydrogens (tertiary/aromatic N) is 2. The zero-order valence-corrected chi connectivity index (χ0v) is 16.0. The fourth-order valence-corrected chi connectivity index (χ4v) is 3.68. The molecule has 29 heavy (non-hydrogen) atoms. The van der Waals surface area contributed by atoms with Gasteiger partial charge >= 0.3 is 12.2 Å². The van der Waals surface area contributed by atoms with Crippen molar-refractivity contribution >= 4 is 17.6 Å². The van der Waals surface area contributed by atoms with Crippen LogP contribution in [0, 0.1) is 0 Å². The van der Waals surface area contributed by atoms with Crippen LogP contribution in [-0.2, 0) is 4.74 Å². The lowest BCUT2D eigenvalue weighted by molar-refractivity contribution is -0.184. The number of aromatic amines is 1. The number of pyridine rings is 1. The Kier molecular flexibility index (Phi) is 5.25. The molecule has 3 heterocycles. The highest BCUT2D eigenvalue weighted by Crippen LogP contribution is 2.36. The molecule has 1 saturated carbocycles. The molecule has 2 aromatic rings. The lowest BCUT2D eigenvalue weighted by atomic mass is 10.0. The van der Waals surface area contributed by atoms with Gasteiger partial charge in [0.15, 0.2) is 5.82 Å². The van der Waals surface area contributed by atoms with Crippen molar-refractivity contribution in [3.63, 3.8) is 0 Å². The van der Waals surface area contributed by atoms with Crippen LogP contribution in [0.15, 0.2) is 24.4 Å². The molecule has 2 aromatic heterocycles. The van der Waals surface area contributed by atoms with Crippen molar-refractivity contribution in [1.29, 1.82) is 0 Å². The van der Waals surface area contributed by atoms with Crippen LogP contribution >= 0.6 is 0 Å². The fourth-order valence-electron chi connectivity index (χ4n) is 3.68. The summed E-state index contributed by atoms with van der Waals surface area (Å²) in [5.74, 6) is 0.568. The quantitative estimate of drug-likeness (QED) is 0.609. The smallest absolute Gasteiger partial charge is 0.407 e. The lowest BCUT2D eigenvalue weighted by Crippen LogP contribution is -2.37. The van der Waals surface area contributed by atoms with Crippen molar-refractivity contribution < 1.29 is 23.0 Å². The van der Waals surface area contributed by atoms with Crippen LogP contribution in [0.25, 0.3) is 0 Å². The van der Waals surface area contributed by atoms with Crippen LogP contribution in [-0.4, -0.2) is 39.5 Å². The molecular formula is C19H23F2N5O3. The molecule has 0 spiro atoms. The standard InChI is InChI=1S/C19H23F2N5O3/c1-11-4-6-19(20,21)29-17-9-13(5-7-22-17)24-16-10-15(25-26-16)12-2-3-14(8-12)28-18(27)23-11/h5,7,9-12,14H,2-4,6,8H2,1H3,(H,23,27)(H2,24,25,26)/t11-,12-,14+/m0/s1. The van der Waals surface area contributed by atoms with Gasteiger partial charge in [0.25, 0.3) is 0 Å². The summed E-state index contributed by atoms with van der Waals surface area (Å²) in [5.41, 5.74) is 1.48. The van der Waals surface area contributed by atoms with Gasteiger partial charge in [-0.15, -0.1) is 0 Å². The molecule has 1 aliphatic heterocycles. The molecule has 4 rings (SSSR count). The Morgan fingerprint density at radius 3 is 2.97 bits per heavy atom. The van der Waals surface area contributed by atoms with E-state index in [9.17, 15) is 13.6 Å². The number of alkyl halides is 2. The molecule has 1 amide bonds. The molecule has 0 saturated heterocycles. The summed E-state index contributed by atoms with van der Waals surface area (Å²) in [5, 5.41) is 12.9. The predicted molar refractivity (Wildman–Crippen MR) is 100 cm³/mol. The number of amides is 1. The number of aromatic nitrogens is 3. The largest absolute Gasteiger partial charge is 0.446 e. The molecule has 0 radical (unpaired) electrons. The van der Waals surface area contributed by atoms with E-state index in [1.165, 1.54) is 12.3 Å². The summed E-state index contributed by atoms with van der Waals surface area (Å²) >= 11 is 0. The Hall–Kier alpha value is -2.91. The lowest BCUT2D eigenvalue weighted by Gasteiger charge is -2.21. The number of fused-ring (bicyclic) bond motifs is 7. The topological polar surface area (TPSA) is 101 Å². The first-order valence-electron chi connectivity index (χ1n) is 9.69. The zero-order chi connectivity index (χ0) is 20.4. The van der Waals surface area contributed by atoms with Gasteiger partial charge in [-0.3, -0.25) is 5.10 Å². The average molecular weight is 407 g/mol. The number of anilines is 2. The number of hydrogen-bond acceptors (Lipinski definition) is 6. The first-order valence-corrected chi connectivity index (χ1v) is 9.69. The van der Waals surface area contributed by atoms with Crippen molar-refractivity contribution in [2.75, 3.05) is 5.32 Å². The highest BCUT2D eigenvalue weighted by Gasteiger charge is 2.34. The highest BCUT2D eigenvalue weighted by atomic mass is 19.3. The van der Waals surface area contributed by atoms with Gasteiger partial charge in [-0.1, -0.05) is 0 Å². The van der Waals surface area contributed by atoms with Crippen LogP contribution < -0.4 is 15.4 Å². The van der Waals surface area contributed by atoms with Crippen LogP contribution in [0.5, 0.6) is 5.88 Å². The maximum atomic E-state index is 14.2. The van der Waals surface area contributed by atoms with E-state index >= 15 is 0 Å². The number of hydrogen-bond donors (Lipinski definition) is 3. The van der Waals surface area contributed by atoms with Crippen LogP contribution in [0.1, 0.15) is 50.6 Å². The van der Waals surface area contributed by atoms with Gasteiger partial charge in [0.05, 0.1) is 6.42 Å². The van der Waals surface area contributed by atoms with Crippen molar-refractivity contribution in [3.8, 4) is 5.88 Å². The third kappa shape index (κ3) is 4.93. The minimum Gasteiger partial charge on any atom is -0.446 e. The van der Waals surface area contributed by atoms with E-state index in [0.29, 0.717) is 17.9 Å². The van der Waals surface area contributed by atoms with Gasteiger partial charge in [0, 0.05) is 41.7 Å². The number of alkyl carbamates (subject to hydrolysis) is 1. The van der Waals surface area contributed by atoms with Crippen LogP contribution in [0.2, 0.25) is 0 Å². The van der Waals surface area contributed by atoms with E-state index in [-0.39, 0.29) is 24.3 Å². The first kappa shape index (κ1) is 19.4. The maximum absolute atomic E-state index is 14.2. The summed E-state index contributed by atoms with van der Waals surface area (Å²) < 4.78 is 38.7.